The van der Waals surface area contributed by atoms with E-state index in [1.165, 1.54) is 11.9 Å². The summed E-state index contributed by atoms with van der Waals surface area (Å²) in [4.78, 5) is 22.5. The summed E-state index contributed by atoms with van der Waals surface area (Å²) in [6.45, 7) is 2.40. The normalized spacial score (nSPS) is 20.6. The van der Waals surface area contributed by atoms with Gasteiger partial charge in [-0.2, -0.15) is 0 Å². The van der Waals surface area contributed by atoms with Crippen molar-refractivity contribution in [1.29, 1.82) is 0 Å². The monoisotopic (exact) mass is 361 g/mol. The topological polar surface area (TPSA) is 84.1 Å². The molecule has 2 heterocycles. The van der Waals surface area contributed by atoms with Gasteiger partial charge in [0.15, 0.2) is 0 Å². The lowest BCUT2D eigenvalue weighted by Crippen LogP contribution is -2.59. The number of piperazine rings is 1. The maximum atomic E-state index is 11.9. The molecule has 2 atom stereocenters. The first-order chi connectivity index (χ1) is 13.2. The first kappa shape index (κ1) is 17.6. The summed E-state index contributed by atoms with van der Waals surface area (Å²) in [5.74, 6) is 0.488. The Morgan fingerprint density at radius 2 is 2.00 bits per heavy atom. The molecular weight excluding hydrogens is 338 g/mol. The molecule has 2 unspecified atom stereocenters. The van der Waals surface area contributed by atoms with E-state index < -0.39 is 0 Å². The highest BCUT2D eigenvalue weighted by atomic mass is 16.1. The van der Waals surface area contributed by atoms with Gasteiger partial charge < -0.3 is 15.8 Å². The van der Waals surface area contributed by atoms with Crippen LogP contribution in [0.5, 0.6) is 0 Å². The summed E-state index contributed by atoms with van der Waals surface area (Å²) in [6, 6.07) is 16.3. The molecule has 3 N–H and O–H groups in total. The molecule has 6 heteroatoms. The van der Waals surface area contributed by atoms with Gasteiger partial charge in [0.1, 0.15) is 18.4 Å². The molecule has 6 nitrogen and oxygen atoms in total. The summed E-state index contributed by atoms with van der Waals surface area (Å²) in [5.41, 5.74) is 9.10. The number of nitrogens with one attached hydrogen (secondary N) is 1. The van der Waals surface area contributed by atoms with E-state index in [0.29, 0.717) is 12.4 Å². The lowest BCUT2D eigenvalue weighted by molar-refractivity contribution is -0.114. The number of benzene rings is 2. The van der Waals surface area contributed by atoms with Crippen LogP contribution in [-0.4, -0.2) is 46.3 Å². The molecule has 4 rings (SSSR count). The number of hydrogen-bond acceptors (Lipinski definition) is 6. The van der Waals surface area contributed by atoms with Gasteiger partial charge in [0.05, 0.1) is 11.6 Å². The van der Waals surface area contributed by atoms with Gasteiger partial charge in [-0.15, -0.1) is 0 Å². The zero-order valence-electron chi connectivity index (χ0n) is 15.1. The third kappa shape index (κ3) is 3.82. The predicted molar refractivity (Wildman–Crippen MR) is 106 cm³/mol. The minimum absolute atomic E-state index is 0.108. The summed E-state index contributed by atoms with van der Waals surface area (Å²) < 4.78 is 0. The average molecular weight is 361 g/mol. The van der Waals surface area contributed by atoms with Gasteiger partial charge in [-0.25, -0.2) is 9.97 Å². The van der Waals surface area contributed by atoms with Gasteiger partial charge in [0.25, 0.3) is 0 Å². The van der Waals surface area contributed by atoms with Gasteiger partial charge in [-0.05, 0) is 29.7 Å². The molecule has 1 aliphatic heterocycles. The highest BCUT2D eigenvalue weighted by Gasteiger charge is 2.30. The van der Waals surface area contributed by atoms with Crippen molar-refractivity contribution in [3.8, 4) is 0 Å². The zero-order chi connectivity index (χ0) is 18.6. The number of fused-ring (bicyclic) bond motifs is 1. The molecule has 0 radical (unpaired) electrons. The van der Waals surface area contributed by atoms with Crippen LogP contribution in [0.4, 0.5) is 5.82 Å². The van der Waals surface area contributed by atoms with E-state index in [2.05, 4.69) is 32.3 Å². The van der Waals surface area contributed by atoms with Crippen molar-refractivity contribution in [2.75, 3.05) is 18.8 Å². The van der Waals surface area contributed by atoms with E-state index in [-0.39, 0.29) is 12.1 Å². The maximum absolute atomic E-state index is 11.9. The Morgan fingerprint density at radius 1 is 1.15 bits per heavy atom. The number of hydrogen-bond donors (Lipinski definition) is 2. The zero-order valence-corrected chi connectivity index (χ0v) is 15.1. The third-order valence-electron chi connectivity index (χ3n) is 5.19. The number of nitrogens with zero attached hydrogens (tertiary/aromatic N) is 3. The number of nitrogen functional groups attached to an aromatic ring is 1. The molecule has 0 bridgehead atoms. The second-order valence-corrected chi connectivity index (χ2v) is 6.96. The van der Waals surface area contributed by atoms with E-state index in [9.17, 15) is 4.79 Å². The summed E-state index contributed by atoms with van der Waals surface area (Å²) >= 11 is 0. The standard InChI is InChI=1S/C21H23N5O/c22-21-17-7-6-16(11-18(17)24-14-25-21)12-26-9-8-23-19(20(26)13-27)10-15-4-2-1-3-5-15/h1-7,11,13-14,19-20,23H,8-10,12H2,(H2,22,24,25). The summed E-state index contributed by atoms with van der Waals surface area (Å²) in [6.07, 6.45) is 3.39. The quantitative estimate of drug-likeness (QED) is 0.674. The minimum atomic E-state index is -0.162. The maximum Gasteiger partial charge on any atom is 0.138 e. The number of nitrogens with two attached hydrogens (primary N) is 1. The fourth-order valence-corrected chi connectivity index (χ4v) is 3.80. The minimum Gasteiger partial charge on any atom is -0.383 e. The molecule has 1 fully saturated rings. The molecule has 0 aliphatic carbocycles. The smallest absolute Gasteiger partial charge is 0.138 e. The van der Waals surface area contributed by atoms with Crippen LogP contribution < -0.4 is 11.1 Å². The number of aldehydes is 1. The third-order valence-corrected chi connectivity index (χ3v) is 5.19. The van der Waals surface area contributed by atoms with Crippen molar-refractivity contribution in [1.82, 2.24) is 20.2 Å². The van der Waals surface area contributed by atoms with E-state index in [1.54, 1.807) is 0 Å². The Labute approximate surface area is 158 Å². The number of carbonyl (C=O) groups is 1. The van der Waals surface area contributed by atoms with Crippen LogP contribution in [0, 0.1) is 0 Å². The highest BCUT2D eigenvalue weighted by Crippen LogP contribution is 2.21. The Kier molecular flexibility index (Phi) is 5.09. The summed E-state index contributed by atoms with van der Waals surface area (Å²) in [5, 5.41) is 4.37. The number of rotatable bonds is 5. The summed E-state index contributed by atoms with van der Waals surface area (Å²) in [7, 11) is 0. The molecule has 0 spiro atoms. The van der Waals surface area contributed by atoms with Crippen LogP contribution in [0.1, 0.15) is 11.1 Å². The van der Waals surface area contributed by atoms with Gasteiger partial charge >= 0.3 is 0 Å². The van der Waals surface area contributed by atoms with Crippen LogP contribution in [0.3, 0.4) is 0 Å². The molecule has 1 aromatic heterocycles. The van der Waals surface area contributed by atoms with Crippen molar-refractivity contribution < 1.29 is 4.79 Å². The fraction of sp³-hybridized carbons (Fsp3) is 0.286. The van der Waals surface area contributed by atoms with Gasteiger partial charge in [0.2, 0.25) is 0 Å². The molecule has 0 amide bonds. The van der Waals surface area contributed by atoms with E-state index >= 15 is 0 Å². The van der Waals surface area contributed by atoms with E-state index in [4.69, 9.17) is 5.73 Å². The molecule has 138 valence electrons. The van der Waals surface area contributed by atoms with Crippen LogP contribution in [0.15, 0.2) is 54.9 Å². The van der Waals surface area contributed by atoms with Crippen molar-refractivity contribution in [3.05, 3.63) is 66.0 Å². The van der Waals surface area contributed by atoms with Gasteiger partial charge in [-0.1, -0.05) is 36.4 Å². The molecule has 27 heavy (non-hydrogen) atoms. The Hall–Kier alpha value is -2.83. The molecule has 1 saturated heterocycles. The second-order valence-electron chi connectivity index (χ2n) is 6.96. The number of carbonyl (C=O) groups excluding carboxylic acids is 1. The van der Waals surface area contributed by atoms with Crippen LogP contribution >= 0.6 is 0 Å². The van der Waals surface area contributed by atoms with Crippen LogP contribution in [0.25, 0.3) is 10.9 Å². The molecule has 3 aromatic rings. The van der Waals surface area contributed by atoms with Gasteiger partial charge in [-0.3, -0.25) is 4.90 Å². The molecular formula is C21H23N5O. The SMILES string of the molecule is Nc1ncnc2cc(CN3CCNC(Cc4ccccc4)C3C=O)ccc12. The van der Waals surface area contributed by atoms with Crippen molar-refractivity contribution >= 4 is 23.0 Å². The Morgan fingerprint density at radius 3 is 2.81 bits per heavy atom. The van der Waals surface area contributed by atoms with Crippen molar-refractivity contribution in [3.63, 3.8) is 0 Å². The van der Waals surface area contributed by atoms with Crippen molar-refractivity contribution in [2.45, 2.75) is 25.0 Å². The number of anilines is 1. The molecule has 0 saturated carbocycles. The Balaban J connectivity index is 1.53. The highest BCUT2D eigenvalue weighted by molar-refractivity contribution is 5.88. The fourth-order valence-electron chi connectivity index (χ4n) is 3.80. The average Bonchev–Trinajstić information content (AvgIpc) is 2.69. The molecule has 2 aromatic carbocycles. The number of aromatic nitrogens is 2. The lowest BCUT2D eigenvalue weighted by Gasteiger charge is -2.39. The van der Waals surface area contributed by atoms with Crippen LogP contribution in [-0.2, 0) is 17.8 Å². The second kappa shape index (κ2) is 7.82. The largest absolute Gasteiger partial charge is 0.383 e. The van der Waals surface area contributed by atoms with Crippen LogP contribution in [0.2, 0.25) is 0 Å². The van der Waals surface area contributed by atoms with E-state index in [0.717, 1.165) is 42.3 Å². The first-order valence-electron chi connectivity index (χ1n) is 9.20. The Bertz CT molecular complexity index is 930. The van der Waals surface area contributed by atoms with Gasteiger partial charge in [0, 0.05) is 31.1 Å². The van der Waals surface area contributed by atoms with Crippen molar-refractivity contribution in [2.24, 2.45) is 0 Å². The first-order valence-corrected chi connectivity index (χ1v) is 9.20. The lowest BCUT2D eigenvalue weighted by atomic mass is 9.96. The molecule has 1 aliphatic rings. The predicted octanol–water partition coefficient (Wildman–Crippen LogP) is 1.80. The van der Waals surface area contributed by atoms with E-state index in [1.807, 2.05) is 36.4 Å².